The van der Waals surface area contributed by atoms with Crippen LogP contribution < -0.4 is 28.5 Å². The first-order chi connectivity index (χ1) is 16.6. The monoisotopic (exact) mass is 624 g/mol. The standard InChI is InChI=1S/C24H25N4O6S.HI/c1-12-18(22-13(2)26-11-25(4)9-17(26)35-22)21(27-20(12)19(14(3)29)23(27)30)24(31)34-10-15-5-7-16(8-6-15)28(32)33;/h5-9,11-12,14,19-20,29H,10H2,1-4H3;1H/q+1;/p-1/t12-,14+,19+,20+;/m0./s1. The summed E-state index contributed by atoms with van der Waals surface area (Å²) in [5, 5.41) is 21.1. The number of aryl methyl sites for hydroxylation is 2. The van der Waals surface area contributed by atoms with Crippen LogP contribution in [0.2, 0.25) is 0 Å². The number of aliphatic hydroxyl groups is 1. The number of nitro benzene ring substituents is 1. The van der Waals surface area contributed by atoms with Gasteiger partial charge in [-0.3, -0.25) is 14.9 Å². The molecule has 0 spiro atoms. The second kappa shape index (κ2) is 9.56. The number of benzene rings is 1. The fraction of sp³-hybridized carbons (Fsp3) is 0.375. The number of hydrogen-bond acceptors (Lipinski definition) is 7. The van der Waals surface area contributed by atoms with Crippen LogP contribution in [0.15, 0.2) is 42.5 Å². The van der Waals surface area contributed by atoms with Crippen molar-refractivity contribution in [3.63, 3.8) is 0 Å². The van der Waals surface area contributed by atoms with Gasteiger partial charge in [-0.25, -0.2) is 9.36 Å². The van der Waals surface area contributed by atoms with Crippen LogP contribution in [0.3, 0.4) is 0 Å². The Morgan fingerprint density at radius 2 is 2.00 bits per heavy atom. The quantitative estimate of drug-likeness (QED) is 0.0975. The van der Waals surface area contributed by atoms with E-state index in [1.165, 1.54) is 29.2 Å². The van der Waals surface area contributed by atoms with E-state index in [1.807, 2.05) is 42.4 Å². The average Bonchev–Trinajstić information content (AvgIpc) is 3.39. The number of β-lactam (4-membered cyclic amide) rings is 1. The van der Waals surface area contributed by atoms with Gasteiger partial charge >= 0.3 is 5.97 Å². The molecule has 1 N–H and O–H groups in total. The van der Waals surface area contributed by atoms with Gasteiger partial charge in [-0.1, -0.05) is 18.3 Å². The molecular formula is C24H25IN4O6S. The van der Waals surface area contributed by atoms with E-state index in [4.69, 9.17) is 4.74 Å². The zero-order valence-corrected chi connectivity index (χ0v) is 23.0. The van der Waals surface area contributed by atoms with Gasteiger partial charge in [0.2, 0.25) is 17.1 Å². The fourth-order valence-electron chi connectivity index (χ4n) is 5.16. The summed E-state index contributed by atoms with van der Waals surface area (Å²) in [6.07, 6.45) is 3.12. The van der Waals surface area contributed by atoms with Crippen LogP contribution in [0.4, 0.5) is 5.69 Å². The zero-order valence-electron chi connectivity index (χ0n) is 20.0. The summed E-state index contributed by atoms with van der Waals surface area (Å²) in [4.78, 5) is 40.2. The van der Waals surface area contributed by atoms with Crippen LogP contribution in [0, 0.1) is 28.9 Å². The number of amides is 1. The van der Waals surface area contributed by atoms with E-state index < -0.39 is 22.9 Å². The van der Waals surface area contributed by atoms with Crippen LogP contribution in [-0.4, -0.2) is 43.4 Å². The highest BCUT2D eigenvalue weighted by atomic mass is 127. The van der Waals surface area contributed by atoms with Crippen molar-refractivity contribution in [1.82, 2.24) is 9.30 Å². The molecule has 190 valence electrons. The Labute approximate surface area is 228 Å². The molecular weight excluding hydrogens is 599 g/mol. The van der Waals surface area contributed by atoms with Crippen molar-refractivity contribution in [2.24, 2.45) is 18.9 Å². The molecule has 0 aliphatic carbocycles. The Morgan fingerprint density at radius 3 is 2.58 bits per heavy atom. The van der Waals surface area contributed by atoms with Crippen molar-refractivity contribution < 1.29 is 52.9 Å². The number of carbonyl (C=O) groups excluding carboxylic acids is 2. The lowest BCUT2D eigenvalue weighted by molar-refractivity contribution is -0.670. The van der Waals surface area contributed by atoms with Gasteiger partial charge in [-0.05, 0) is 31.5 Å². The molecule has 0 unspecified atom stereocenters. The van der Waals surface area contributed by atoms with E-state index in [1.54, 1.807) is 18.3 Å². The predicted octanol–water partition coefficient (Wildman–Crippen LogP) is -0.642. The van der Waals surface area contributed by atoms with Gasteiger partial charge in [0.05, 0.1) is 34.9 Å². The van der Waals surface area contributed by atoms with Crippen LogP contribution in [0.25, 0.3) is 10.4 Å². The van der Waals surface area contributed by atoms with Crippen LogP contribution in [0.1, 0.15) is 30.0 Å². The van der Waals surface area contributed by atoms with Gasteiger partial charge in [0.1, 0.15) is 24.2 Å². The summed E-state index contributed by atoms with van der Waals surface area (Å²) in [5.41, 5.74) is 2.46. The van der Waals surface area contributed by atoms with Gasteiger partial charge in [0.25, 0.3) is 5.69 Å². The number of non-ortho nitro benzene ring substituents is 1. The van der Waals surface area contributed by atoms with Gasteiger partial charge in [0.15, 0.2) is 0 Å². The minimum atomic E-state index is -0.831. The zero-order chi connectivity index (χ0) is 25.2. The summed E-state index contributed by atoms with van der Waals surface area (Å²) in [7, 11) is 1.94. The molecule has 1 aromatic carbocycles. The van der Waals surface area contributed by atoms with Crippen molar-refractivity contribution in [1.29, 1.82) is 0 Å². The molecule has 0 saturated carbocycles. The third-order valence-electron chi connectivity index (χ3n) is 6.87. The minimum absolute atomic E-state index is 0. The predicted molar refractivity (Wildman–Crippen MR) is 126 cm³/mol. The molecule has 0 bridgehead atoms. The fourth-order valence-corrected chi connectivity index (χ4v) is 6.51. The lowest BCUT2D eigenvalue weighted by atomic mass is 9.77. The van der Waals surface area contributed by atoms with Crippen molar-refractivity contribution in [2.75, 3.05) is 0 Å². The Morgan fingerprint density at radius 1 is 1.33 bits per heavy atom. The number of thiazole rings is 1. The molecule has 12 heteroatoms. The molecule has 2 aliphatic rings. The first kappa shape index (κ1) is 26.2. The number of carbonyl (C=O) groups is 2. The average molecular weight is 624 g/mol. The number of aliphatic hydroxyl groups excluding tert-OH is 1. The second-order valence-corrected chi connectivity index (χ2v) is 10.2. The number of nitro groups is 1. The molecule has 2 aliphatic heterocycles. The first-order valence-electron chi connectivity index (χ1n) is 11.2. The van der Waals surface area contributed by atoms with E-state index in [2.05, 4.69) is 0 Å². The highest BCUT2D eigenvalue weighted by Gasteiger charge is 2.60. The number of ether oxygens (including phenoxy) is 1. The Hall–Kier alpha value is -2.84. The molecule has 36 heavy (non-hydrogen) atoms. The molecule has 4 heterocycles. The molecule has 1 fully saturated rings. The van der Waals surface area contributed by atoms with Crippen LogP contribution >= 0.6 is 11.3 Å². The van der Waals surface area contributed by atoms with Crippen molar-refractivity contribution in [3.8, 4) is 0 Å². The summed E-state index contributed by atoms with van der Waals surface area (Å²) in [6.45, 7) is 5.45. The number of nitrogens with zero attached hydrogens (tertiary/aromatic N) is 4. The molecule has 5 rings (SSSR count). The number of aromatic nitrogens is 2. The normalized spacial score (nSPS) is 21.8. The number of halogens is 1. The van der Waals surface area contributed by atoms with E-state index in [9.17, 15) is 24.8 Å². The maximum atomic E-state index is 13.4. The SMILES string of the molecule is Cc1c(C2=C(C(=O)OCc3ccc([N+](=O)[O-])cc3)N3C(=O)[C@H]([C@@H](C)O)[C@H]3[C@H]2C)sc2c[n+](C)cn12.[I-]. The lowest BCUT2D eigenvalue weighted by Gasteiger charge is -2.46. The van der Waals surface area contributed by atoms with E-state index >= 15 is 0 Å². The van der Waals surface area contributed by atoms with Crippen molar-refractivity contribution >= 4 is 39.3 Å². The number of imidazole rings is 1. The van der Waals surface area contributed by atoms with Crippen LogP contribution in [-0.2, 0) is 28.0 Å². The highest BCUT2D eigenvalue weighted by molar-refractivity contribution is 7.18. The molecule has 3 aromatic rings. The molecule has 1 saturated heterocycles. The molecule has 1 amide bonds. The third kappa shape index (κ3) is 4.00. The smallest absolute Gasteiger partial charge is 0.355 e. The number of fused-ring (bicyclic) bond motifs is 2. The summed E-state index contributed by atoms with van der Waals surface area (Å²) in [5.74, 6) is -1.68. The Bertz CT molecular complexity index is 1410. The Kier molecular flexibility index (Phi) is 6.96. The van der Waals surface area contributed by atoms with Crippen LogP contribution in [0.5, 0.6) is 0 Å². The molecule has 0 radical (unpaired) electrons. The van der Waals surface area contributed by atoms with Gasteiger partial charge in [0, 0.05) is 23.6 Å². The summed E-state index contributed by atoms with van der Waals surface area (Å²) >= 11 is 1.54. The second-order valence-electron chi connectivity index (χ2n) is 9.15. The number of rotatable bonds is 6. The van der Waals surface area contributed by atoms with Gasteiger partial charge < -0.3 is 38.7 Å². The van der Waals surface area contributed by atoms with E-state index in [0.29, 0.717) is 5.56 Å². The third-order valence-corrected chi connectivity index (χ3v) is 8.10. The molecule has 2 aromatic heterocycles. The summed E-state index contributed by atoms with van der Waals surface area (Å²) in [6, 6.07) is 5.45. The maximum Gasteiger partial charge on any atom is 0.355 e. The van der Waals surface area contributed by atoms with E-state index in [-0.39, 0.29) is 59.8 Å². The van der Waals surface area contributed by atoms with Crippen molar-refractivity contribution in [3.05, 3.63) is 68.7 Å². The van der Waals surface area contributed by atoms with Crippen molar-refractivity contribution in [2.45, 2.75) is 39.5 Å². The van der Waals surface area contributed by atoms with E-state index in [0.717, 1.165) is 21.0 Å². The largest absolute Gasteiger partial charge is 1.00 e. The molecule has 4 atom stereocenters. The minimum Gasteiger partial charge on any atom is -1.00 e. The van der Waals surface area contributed by atoms with Gasteiger partial charge in [-0.2, -0.15) is 4.40 Å². The topological polar surface area (TPSA) is 118 Å². The number of hydrogen-bond donors (Lipinski definition) is 1. The molecule has 10 nitrogen and oxygen atoms in total. The Balaban J connectivity index is 0.00000304. The summed E-state index contributed by atoms with van der Waals surface area (Å²) < 4.78 is 9.59. The van der Waals surface area contributed by atoms with Gasteiger partial charge in [-0.15, -0.1) is 0 Å². The first-order valence-corrected chi connectivity index (χ1v) is 12.0. The maximum absolute atomic E-state index is 13.4. The highest BCUT2D eigenvalue weighted by Crippen LogP contribution is 2.52. The lowest BCUT2D eigenvalue weighted by Crippen LogP contribution is -3.00. The number of esters is 1.